The van der Waals surface area contributed by atoms with Crippen molar-refractivity contribution in [2.24, 2.45) is 11.8 Å². The van der Waals surface area contributed by atoms with Crippen molar-refractivity contribution in [3.63, 3.8) is 0 Å². The van der Waals surface area contributed by atoms with Gasteiger partial charge < -0.3 is 18.9 Å². The van der Waals surface area contributed by atoms with Gasteiger partial charge in [0.1, 0.15) is 6.10 Å². The predicted octanol–water partition coefficient (Wildman–Crippen LogP) is 1.08. The Morgan fingerprint density at radius 2 is 1.50 bits per heavy atom. The molecule has 0 aliphatic carbocycles. The molecule has 0 spiro atoms. The predicted molar refractivity (Wildman–Crippen MR) is 75.8 cm³/mol. The molecule has 7 nitrogen and oxygen atoms in total. The summed E-state index contributed by atoms with van der Waals surface area (Å²) in [4.78, 5) is 34.7. The van der Waals surface area contributed by atoms with Crippen LogP contribution in [0, 0.1) is 11.8 Å². The molecule has 1 heterocycles. The molecule has 0 aromatic carbocycles. The molecule has 7 heteroatoms. The molecule has 5 atom stereocenters. The van der Waals surface area contributed by atoms with Crippen molar-refractivity contribution in [2.75, 3.05) is 7.11 Å². The number of rotatable bonds is 4. The summed E-state index contributed by atoms with van der Waals surface area (Å²) in [5, 5.41) is 0. The molecule has 0 amide bonds. The number of methoxy groups -OCH3 is 1. The topological polar surface area (TPSA) is 88.1 Å². The van der Waals surface area contributed by atoms with Gasteiger partial charge in [0, 0.05) is 19.8 Å². The molecule has 0 unspecified atom stereocenters. The van der Waals surface area contributed by atoms with Gasteiger partial charge in [-0.3, -0.25) is 9.59 Å². The van der Waals surface area contributed by atoms with E-state index >= 15 is 0 Å². The average Bonchev–Trinajstić information content (AvgIpc) is 2.40. The third kappa shape index (κ3) is 4.19. The summed E-state index contributed by atoms with van der Waals surface area (Å²) >= 11 is 0. The second kappa shape index (κ2) is 7.58. The third-order valence-corrected chi connectivity index (χ3v) is 3.66. The first kappa shape index (κ1) is 18.4. The first-order chi connectivity index (χ1) is 10.2. The molecule has 0 saturated carbocycles. The van der Waals surface area contributed by atoms with E-state index < -0.39 is 36.2 Å². The Labute approximate surface area is 130 Å². The van der Waals surface area contributed by atoms with E-state index in [9.17, 15) is 14.4 Å². The van der Waals surface area contributed by atoms with E-state index in [4.69, 9.17) is 18.9 Å². The number of esters is 3. The van der Waals surface area contributed by atoms with Crippen molar-refractivity contribution >= 4 is 17.9 Å². The lowest BCUT2D eigenvalue weighted by Gasteiger charge is -2.44. The van der Waals surface area contributed by atoms with Crippen molar-refractivity contribution in [3.8, 4) is 0 Å². The highest BCUT2D eigenvalue weighted by Gasteiger charge is 2.51. The molecule has 0 radical (unpaired) electrons. The summed E-state index contributed by atoms with van der Waals surface area (Å²) in [6.45, 7) is 8.20. The van der Waals surface area contributed by atoms with Crippen LogP contribution in [-0.4, -0.2) is 49.4 Å². The lowest BCUT2D eigenvalue weighted by atomic mass is 9.83. The van der Waals surface area contributed by atoms with Gasteiger partial charge in [0.25, 0.3) is 0 Å². The lowest BCUT2D eigenvalue weighted by Crippen LogP contribution is -2.60. The fraction of sp³-hybridized carbons (Fsp3) is 0.800. The van der Waals surface area contributed by atoms with Crippen molar-refractivity contribution in [2.45, 2.75) is 59.0 Å². The third-order valence-electron chi connectivity index (χ3n) is 3.66. The van der Waals surface area contributed by atoms with E-state index in [1.807, 2.05) is 20.8 Å². The fourth-order valence-corrected chi connectivity index (χ4v) is 2.79. The van der Waals surface area contributed by atoms with Gasteiger partial charge in [0.15, 0.2) is 12.2 Å². The Hall–Kier alpha value is -1.63. The number of hydrogen-bond acceptors (Lipinski definition) is 7. The van der Waals surface area contributed by atoms with Crippen molar-refractivity contribution < 1.29 is 33.3 Å². The van der Waals surface area contributed by atoms with E-state index in [1.165, 1.54) is 21.0 Å². The van der Waals surface area contributed by atoms with Crippen LogP contribution in [0.4, 0.5) is 0 Å². The quantitative estimate of drug-likeness (QED) is 0.566. The van der Waals surface area contributed by atoms with E-state index in [-0.39, 0.29) is 17.9 Å². The normalized spacial score (nSPS) is 31.5. The Morgan fingerprint density at radius 1 is 1.00 bits per heavy atom. The Balaban J connectivity index is 3.18. The average molecular weight is 316 g/mol. The van der Waals surface area contributed by atoms with E-state index in [1.54, 1.807) is 0 Å². The maximum atomic E-state index is 12.0. The molecule has 126 valence electrons. The maximum absolute atomic E-state index is 12.0. The summed E-state index contributed by atoms with van der Waals surface area (Å²) in [6.07, 6.45) is -3.26. The SMILES string of the molecule is COC(=O)[C@H]1O[C@@H](C(C)C)[C@H](C)[C@@H](OC(C)=O)[C@@H]1OC(C)=O. The van der Waals surface area contributed by atoms with Gasteiger partial charge in [-0.05, 0) is 5.92 Å². The fourth-order valence-electron chi connectivity index (χ4n) is 2.79. The van der Waals surface area contributed by atoms with Crippen LogP contribution in [0.15, 0.2) is 0 Å². The molecular formula is C15H24O7. The van der Waals surface area contributed by atoms with Gasteiger partial charge in [0.2, 0.25) is 0 Å². The summed E-state index contributed by atoms with van der Waals surface area (Å²) in [7, 11) is 1.22. The van der Waals surface area contributed by atoms with Gasteiger partial charge >= 0.3 is 17.9 Å². The van der Waals surface area contributed by atoms with Crippen LogP contribution >= 0.6 is 0 Å². The van der Waals surface area contributed by atoms with Crippen LogP contribution in [0.3, 0.4) is 0 Å². The Morgan fingerprint density at radius 3 is 1.91 bits per heavy atom. The zero-order chi connectivity index (χ0) is 17.0. The highest BCUT2D eigenvalue weighted by molar-refractivity contribution is 5.77. The number of carbonyl (C=O) groups excluding carboxylic acids is 3. The monoisotopic (exact) mass is 316 g/mol. The molecule has 1 aliphatic heterocycles. The van der Waals surface area contributed by atoms with Crippen molar-refractivity contribution in [3.05, 3.63) is 0 Å². The minimum atomic E-state index is -1.12. The van der Waals surface area contributed by atoms with E-state index in [0.717, 1.165) is 0 Å². The second-order valence-corrected chi connectivity index (χ2v) is 5.80. The van der Waals surface area contributed by atoms with Crippen molar-refractivity contribution in [1.82, 2.24) is 0 Å². The van der Waals surface area contributed by atoms with Gasteiger partial charge in [-0.15, -0.1) is 0 Å². The number of carbonyl (C=O) groups is 3. The summed E-state index contributed by atoms with van der Waals surface area (Å²) in [6, 6.07) is 0. The number of hydrogen-bond donors (Lipinski definition) is 0. The number of ether oxygens (including phenoxy) is 4. The molecule has 0 aromatic rings. The van der Waals surface area contributed by atoms with Crippen LogP contribution < -0.4 is 0 Å². The second-order valence-electron chi connectivity index (χ2n) is 5.80. The minimum Gasteiger partial charge on any atom is -0.467 e. The molecule has 0 N–H and O–H groups in total. The standard InChI is InChI=1S/C15H24O7/c1-7(2)11-8(3)12(20-9(4)16)13(21-10(5)17)14(22-11)15(18)19-6/h7-8,11-14H,1-6H3/t8-,11-,12+,13-,14-/m0/s1. The van der Waals surface area contributed by atoms with Gasteiger partial charge in [-0.25, -0.2) is 4.79 Å². The van der Waals surface area contributed by atoms with Gasteiger partial charge in [-0.1, -0.05) is 20.8 Å². The van der Waals surface area contributed by atoms with Gasteiger partial charge in [0.05, 0.1) is 13.2 Å². The highest BCUT2D eigenvalue weighted by Crippen LogP contribution is 2.34. The molecular weight excluding hydrogens is 292 g/mol. The van der Waals surface area contributed by atoms with E-state index in [0.29, 0.717) is 0 Å². The van der Waals surface area contributed by atoms with Crippen LogP contribution in [0.2, 0.25) is 0 Å². The van der Waals surface area contributed by atoms with E-state index in [2.05, 4.69) is 0 Å². The Kier molecular flexibility index (Phi) is 6.34. The summed E-state index contributed by atoms with van der Waals surface area (Å²) in [5.74, 6) is -1.93. The van der Waals surface area contributed by atoms with Crippen LogP contribution in [0.1, 0.15) is 34.6 Å². The maximum Gasteiger partial charge on any atom is 0.339 e. The van der Waals surface area contributed by atoms with Crippen molar-refractivity contribution in [1.29, 1.82) is 0 Å². The van der Waals surface area contributed by atoms with Crippen LogP contribution in [0.25, 0.3) is 0 Å². The summed E-state index contributed by atoms with van der Waals surface area (Å²) < 4.78 is 21.0. The lowest BCUT2D eigenvalue weighted by molar-refractivity contribution is -0.234. The molecule has 0 bridgehead atoms. The first-order valence-electron chi connectivity index (χ1n) is 7.26. The summed E-state index contributed by atoms with van der Waals surface area (Å²) in [5.41, 5.74) is 0. The van der Waals surface area contributed by atoms with Crippen LogP contribution in [0.5, 0.6) is 0 Å². The molecule has 1 saturated heterocycles. The molecule has 1 rings (SSSR count). The molecule has 22 heavy (non-hydrogen) atoms. The van der Waals surface area contributed by atoms with Crippen LogP contribution in [-0.2, 0) is 33.3 Å². The zero-order valence-corrected chi connectivity index (χ0v) is 13.8. The zero-order valence-electron chi connectivity index (χ0n) is 13.8. The first-order valence-corrected chi connectivity index (χ1v) is 7.26. The minimum absolute atomic E-state index is 0.0819. The molecule has 0 aromatic heterocycles. The van der Waals surface area contributed by atoms with Gasteiger partial charge in [-0.2, -0.15) is 0 Å². The Bertz CT molecular complexity index is 432. The molecule has 1 fully saturated rings. The largest absolute Gasteiger partial charge is 0.467 e. The highest BCUT2D eigenvalue weighted by atomic mass is 16.6. The molecule has 1 aliphatic rings. The smallest absolute Gasteiger partial charge is 0.339 e.